The van der Waals surface area contributed by atoms with Gasteiger partial charge in [-0.15, -0.1) is 0 Å². The normalized spacial score (nSPS) is 26.9. The van der Waals surface area contributed by atoms with Crippen LogP contribution in [0.3, 0.4) is 0 Å². The molecule has 0 spiro atoms. The zero-order valence-electron chi connectivity index (χ0n) is 12.5. The van der Waals surface area contributed by atoms with Gasteiger partial charge in [-0.3, -0.25) is 0 Å². The molecule has 1 saturated heterocycles. The van der Waals surface area contributed by atoms with Crippen LogP contribution in [0.1, 0.15) is 33.6 Å². The molecule has 1 aromatic rings. The highest BCUT2D eigenvalue weighted by Gasteiger charge is 2.32. The van der Waals surface area contributed by atoms with Gasteiger partial charge in [-0.1, -0.05) is 37.0 Å². The average Bonchev–Trinajstić information content (AvgIpc) is 2.44. The van der Waals surface area contributed by atoms with E-state index in [-0.39, 0.29) is 0 Å². The van der Waals surface area contributed by atoms with Gasteiger partial charge in [-0.2, -0.15) is 0 Å². The SMILES string of the molecule is CCCNC1CCN(c2ccc(Cl)c(Cl)c2)C(C)C1C. The van der Waals surface area contributed by atoms with Crippen LogP contribution in [0.25, 0.3) is 0 Å². The van der Waals surface area contributed by atoms with E-state index in [9.17, 15) is 0 Å². The number of halogens is 2. The van der Waals surface area contributed by atoms with Crippen molar-refractivity contribution in [3.05, 3.63) is 28.2 Å². The minimum atomic E-state index is 0.496. The molecule has 0 amide bonds. The highest BCUT2D eigenvalue weighted by Crippen LogP contribution is 2.32. The quantitative estimate of drug-likeness (QED) is 0.874. The molecule has 1 aromatic carbocycles. The first-order valence-electron chi connectivity index (χ1n) is 7.49. The smallest absolute Gasteiger partial charge is 0.0612 e. The molecule has 3 atom stereocenters. The van der Waals surface area contributed by atoms with Crippen molar-refractivity contribution in [1.82, 2.24) is 5.32 Å². The fourth-order valence-corrected chi connectivity index (χ4v) is 3.30. The molecule has 2 rings (SSSR count). The molecule has 0 radical (unpaired) electrons. The third kappa shape index (κ3) is 3.41. The summed E-state index contributed by atoms with van der Waals surface area (Å²) in [4.78, 5) is 2.44. The van der Waals surface area contributed by atoms with E-state index in [4.69, 9.17) is 23.2 Å². The molecule has 1 aliphatic rings. The van der Waals surface area contributed by atoms with Crippen molar-refractivity contribution < 1.29 is 0 Å². The Morgan fingerprint density at radius 2 is 2.00 bits per heavy atom. The molecule has 4 heteroatoms. The zero-order chi connectivity index (χ0) is 14.7. The summed E-state index contributed by atoms with van der Waals surface area (Å²) in [7, 11) is 0. The predicted molar refractivity (Wildman–Crippen MR) is 89.1 cm³/mol. The molecule has 1 heterocycles. The van der Waals surface area contributed by atoms with Gasteiger partial charge in [0, 0.05) is 24.3 Å². The number of nitrogens with zero attached hydrogens (tertiary/aromatic N) is 1. The Morgan fingerprint density at radius 3 is 2.65 bits per heavy atom. The molecule has 1 N–H and O–H groups in total. The van der Waals surface area contributed by atoms with Crippen LogP contribution in [-0.2, 0) is 0 Å². The third-order valence-electron chi connectivity index (χ3n) is 4.46. The van der Waals surface area contributed by atoms with Crippen molar-refractivity contribution >= 4 is 28.9 Å². The maximum Gasteiger partial charge on any atom is 0.0612 e. The summed E-state index contributed by atoms with van der Waals surface area (Å²) in [6.07, 6.45) is 2.36. The molecule has 0 saturated carbocycles. The third-order valence-corrected chi connectivity index (χ3v) is 5.20. The van der Waals surface area contributed by atoms with E-state index >= 15 is 0 Å². The maximum atomic E-state index is 6.14. The van der Waals surface area contributed by atoms with Gasteiger partial charge < -0.3 is 10.2 Å². The number of benzene rings is 1. The Labute approximate surface area is 132 Å². The summed E-state index contributed by atoms with van der Waals surface area (Å²) in [5, 5.41) is 4.93. The van der Waals surface area contributed by atoms with E-state index in [1.54, 1.807) is 0 Å². The van der Waals surface area contributed by atoms with Gasteiger partial charge in [0.1, 0.15) is 0 Å². The molecule has 20 heavy (non-hydrogen) atoms. The number of anilines is 1. The monoisotopic (exact) mass is 314 g/mol. The Morgan fingerprint density at radius 1 is 1.25 bits per heavy atom. The Balaban J connectivity index is 2.09. The second-order valence-electron chi connectivity index (χ2n) is 5.74. The van der Waals surface area contributed by atoms with Gasteiger partial charge in [-0.25, -0.2) is 0 Å². The van der Waals surface area contributed by atoms with E-state index in [0.717, 1.165) is 13.1 Å². The van der Waals surface area contributed by atoms with Crippen LogP contribution >= 0.6 is 23.2 Å². The van der Waals surface area contributed by atoms with E-state index in [1.807, 2.05) is 12.1 Å². The van der Waals surface area contributed by atoms with E-state index in [1.165, 1.54) is 18.5 Å². The fraction of sp³-hybridized carbons (Fsp3) is 0.625. The number of rotatable bonds is 4. The van der Waals surface area contributed by atoms with Crippen LogP contribution in [0.5, 0.6) is 0 Å². The lowest BCUT2D eigenvalue weighted by molar-refractivity contribution is 0.271. The first-order chi connectivity index (χ1) is 9.54. The van der Waals surface area contributed by atoms with Crippen LogP contribution < -0.4 is 10.2 Å². The van der Waals surface area contributed by atoms with E-state index < -0.39 is 0 Å². The summed E-state index contributed by atoms with van der Waals surface area (Å²) in [5.41, 5.74) is 1.17. The molecule has 1 aliphatic heterocycles. The van der Waals surface area contributed by atoms with Crippen LogP contribution in [0, 0.1) is 5.92 Å². The topological polar surface area (TPSA) is 15.3 Å². The maximum absolute atomic E-state index is 6.14. The average molecular weight is 315 g/mol. The number of hydrogen-bond donors (Lipinski definition) is 1. The van der Waals surface area contributed by atoms with E-state index in [0.29, 0.717) is 28.0 Å². The highest BCUT2D eigenvalue weighted by atomic mass is 35.5. The highest BCUT2D eigenvalue weighted by molar-refractivity contribution is 6.42. The molecule has 0 aliphatic carbocycles. The minimum absolute atomic E-state index is 0.496. The lowest BCUT2D eigenvalue weighted by Crippen LogP contribution is -2.53. The van der Waals surface area contributed by atoms with Gasteiger partial charge in [0.15, 0.2) is 0 Å². The van der Waals surface area contributed by atoms with Crippen LogP contribution in [-0.4, -0.2) is 25.2 Å². The van der Waals surface area contributed by atoms with Gasteiger partial charge in [-0.05, 0) is 50.4 Å². The molecule has 0 aromatic heterocycles. The molecule has 3 unspecified atom stereocenters. The van der Waals surface area contributed by atoms with Crippen molar-refractivity contribution in [2.24, 2.45) is 5.92 Å². The Bertz CT molecular complexity index is 450. The van der Waals surface area contributed by atoms with Crippen molar-refractivity contribution in [3.63, 3.8) is 0 Å². The van der Waals surface area contributed by atoms with Crippen LogP contribution in [0.4, 0.5) is 5.69 Å². The zero-order valence-corrected chi connectivity index (χ0v) is 14.0. The van der Waals surface area contributed by atoms with Crippen molar-refractivity contribution in [3.8, 4) is 0 Å². The Hall–Kier alpha value is -0.440. The number of hydrogen-bond acceptors (Lipinski definition) is 2. The van der Waals surface area contributed by atoms with E-state index in [2.05, 4.69) is 37.1 Å². The van der Waals surface area contributed by atoms with Gasteiger partial charge in [0.05, 0.1) is 10.0 Å². The van der Waals surface area contributed by atoms with Crippen molar-refractivity contribution in [2.45, 2.75) is 45.7 Å². The van der Waals surface area contributed by atoms with Crippen LogP contribution in [0.2, 0.25) is 10.0 Å². The molecular formula is C16H24Cl2N2. The first-order valence-corrected chi connectivity index (χ1v) is 8.25. The second-order valence-corrected chi connectivity index (χ2v) is 6.56. The first kappa shape index (κ1) is 15.9. The standard InChI is InChI=1S/C16H24Cl2N2/c1-4-8-19-16-7-9-20(12(3)11(16)2)13-5-6-14(17)15(18)10-13/h5-6,10-12,16,19H,4,7-9H2,1-3H3. The fourth-order valence-electron chi connectivity index (χ4n) is 3.01. The second kappa shape index (κ2) is 7.02. The summed E-state index contributed by atoms with van der Waals surface area (Å²) in [5.74, 6) is 0.616. The predicted octanol–water partition coefficient (Wildman–Crippen LogP) is 4.60. The van der Waals surface area contributed by atoms with Gasteiger partial charge in [0.2, 0.25) is 0 Å². The largest absolute Gasteiger partial charge is 0.368 e. The van der Waals surface area contributed by atoms with Gasteiger partial charge >= 0.3 is 0 Å². The summed E-state index contributed by atoms with van der Waals surface area (Å²) in [6.45, 7) is 9.01. The summed E-state index contributed by atoms with van der Waals surface area (Å²) in [6, 6.07) is 7.04. The molecule has 1 fully saturated rings. The van der Waals surface area contributed by atoms with Crippen molar-refractivity contribution in [1.29, 1.82) is 0 Å². The molecule has 0 bridgehead atoms. The van der Waals surface area contributed by atoms with Gasteiger partial charge in [0.25, 0.3) is 0 Å². The number of piperidine rings is 1. The molecule has 2 nitrogen and oxygen atoms in total. The summed E-state index contributed by atoms with van der Waals surface area (Å²) < 4.78 is 0. The lowest BCUT2D eigenvalue weighted by atomic mass is 9.86. The molecule has 112 valence electrons. The summed E-state index contributed by atoms with van der Waals surface area (Å²) >= 11 is 12.1. The minimum Gasteiger partial charge on any atom is -0.368 e. The van der Waals surface area contributed by atoms with Crippen molar-refractivity contribution in [2.75, 3.05) is 18.0 Å². The molecular weight excluding hydrogens is 291 g/mol. The van der Waals surface area contributed by atoms with Crippen LogP contribution in [0.15, 0.2) is 18.2 Å². The Kier molecular flexibility index (Phi) is 5.59. The number of nitrogens with one attached hydrogen (secondary N) is 1. The lowest BCUT2D eigenvalue weighted by Gasteiger charge is -2.44.